The molecule has 0 spiro atoms. The minimum Gasteiger partial charge on any atom is -0.494 e. The third-order valence-electron chi connectivity index (χ3n) is 1.31. The first-order valence-electron chi connectivity index (χ1n) is 3.22. The minimum absolute atomic E-state index is 0.251. The molecule has 0 unspecified atom stereocenters. The second kappa shape index (κ2) is 3.69. The third-order valence-corrected chi connectivity index (χ3v) is 1.90. The van der Waals surface area contributed by atoms with E-state index in [1.165, 1.54) is 13.2 Å². The van der Waals surface area contributed by atoms with E-state index >= 15 is 0 Å². The highest BCUT2D eigenvalue weighted by atomic mass is 127. The Morgan fingerprint density at radius 2 is 2.08 bits per heavy atom. The SMILES string of the molecule is COc1cc(I)cnc1C(F)(F)F. The standard InChI is InChI=1S/C7H5F3INO/c1-13-5-2-4(11)3-12-6(5)7(8,9)10/h2-3H,1H3. The Labute approximate surface area is 86.3 Å². The molecule has 13 heavy (non-hydrogen) atoms. The Balaban J connectivity index is 3.22. The summed E-state index contributed by atoms with van der Waals surface area (Å²) in [6, 6.07) is 1.29. The van der Waals surface area contributed by atoms with E-state index in [2.05, 4.69) is 9.72 Å². The predicted molar refractivity (Wildman–Crippen MR) is 48.5 cm³/mol. The molecule has 0 aliphatic rings. The van der Waals surface area contributed by atoms with Crippen molar-refractivity contribution in [2.75, 3.05) is 7.11 Å². The van der Waals surface area contributed by atoms with Crippen LogP contribution in [0.25, 0.3) is 0 Å². The number of hydrogen-bond donors (Lipinski definition) is 0. The molecular formula is C7H5F3INO. The van der Waals surface area contributed by atoms with Gasteiger partial charge in [0.25, 0.3) is 0 Å². The number of halogens is 4. The molecule has 1 rings (SSSR count). The lowest BCUT2D eigenvalue weighted by molar-refractivity contribution is -0.142. The number of rotatable bonds is 1. The molecule has 1 aromatic heterocycles. The van der Waals surface area contributed by atoms with Crippen LogP contribution in [-0.4, -0.2) is 12.1 Å². The lowest BCUT2D eigenvalue weighted by Gasteiger charge is -2.10. The minimum atomic E-state index is -4.46. The molecule has 0 atom stereocenters. The van der Waals surface area contributed by atoms with Crippen LogP contribution in [0, 0.1) is 3.57 Å². The van der Waals surface area contributed by atoms with Gasteiger partial charge in [-0.3, -0.25) is 0 Å². The highest BCUT2D eigenvalue weighted by Gasteiger charge is 2.36. The molecule has 0 aromatic carbocycles. The van der Waals surface area contributed by atoms with Crippen LogP contribution in [0.15, 0.2) is 12.3 Å². The Bertz CT molecular complexity index is 313. The van der Waals surface area contributed by atoms with Gasteiger partial charge in [0, 0.05) is 9.77 Å². The normalized spacial score (nSPS) is 11.5. The van der Waals surface area contributed by atoms with Gasteiger partial charge in [0.05, 0.1) is 7.11 Å². The summed E-state index contributed by atoms with van der Waals surface area (Å²) in [5.74, 6) is -0.251. The molecule has 72 valence electrons. The van der Waals surface area contributed by atoms with Crippen LogP contribution >= 0.6 is 22.6 Å². The lowest BCUT2D eigenvalue weighted by atomic mass is 10.3. The van der Waals surface area contributed by atoms with Crippen LogP contribution in [0.4, 0.5) is 13.2 Å². The molecule has 2 nitrogen and oxygen atoms in total. The number of ether oxygens (including phenoxy) is 1. The summed E-state index contributed by atoms with van der Waals surface area (Å²) in [5.41, 5.74) is -0.990. The van der Waals surface area contributed by atoms with Crippen molar-refractivity contribution in [1.82, 2.24) is 4.98 Å². The molecule has 1 aromatic rings. The molecule has 0 radical (unpaired) electrons. The van der Waals surface area contributed by atoms with Gasteiger partial charge in [0.1, 0.15) is 0 Å². The van der Waals surface area contributed by atoms with Gasteiger partial charge in [-0.05, 0) is 28.7 Å². The van der Waals surface area contributed by atoms with Gasteiger partial charge < -0.3 is 4.74 Å². The van der Waals surface area contributed by atoms with E-state index in [0.29, 0.717) is 3.57 Å². The maximum absolute atomic E-state index is 12.2. The largest absolute Gasteiger partial charge is 0.494 e. The number of alkyl halides is 3. The molecule has 0 fully saturated rings. The predicted octanol–water partition coefficient (Wildman–Crippen LogP) is 2.71. The maximum atomic E-state index is 12.2. The van der Waals surface area contributed by atoms with E-state index in [1.54, 1.807) is 0 Å². The van der Waals surface area contributed by atoms with E-state index < -0.39 is 11.9 Å². The third kappa shape index (κ3) is 2.45. The van der Waals surface area contributed by atoms with Crippen molar-refractivity contribution in [3.05, 3.63) is 21.5 Å². The maximum Gasteiger partial charge on any atom is 0.437 e. The summed E-state index contributed by atoms with van der Waals surface area (Å²) in [6.45, 7) is 0. The summed E-state index contributed by atoms with van der Waals surface area (Å²) in [5, 5.41) is 0. The first kappa shape index (κ1) is 10.6. The molecule has 0 aliphatic heterocycles. The molecule has 0 aliphatic carbocycles. The van der Waals surface area contributed by atoms with Gasteiger partial charge in [0.2, 0.25) is 0 Å². The van der Waals surface area contributed by atoms with Gasteiger partial charge in [-0.1, -0.05) is 0 Å². The van der Waals surface area contributed by atoms with Crippen molar-refractivity contribution in [2.45, 2.75) is 6.18 Å². The zero-order chi connectivity index (χ0) is 10.1. The number of hydrogen-bond acceptors (Lipinski definition) is 2. The van der Waals surface area contributed by atoms with Crippen molar-refractivity contribution in [1.29, 1.82) is 0 Å². The number of pyridine rings is 1. The highest BCUT2D eigenvalue weighted by molar-refractivity contribution is 14.1. The van der Waals surface area contributed by atoms with Crippen molar-refractivity contribution in [3.63, 3.8) is 0 Å². The number of aromatic nitrogens is 1. The molecular weight excluding hydrogens is 298 g/mol. The van der Waals surface area contributed by atoms with E-state index in [4.69, 9.17) is 0 Å². The number of nitrogens with zero attached hydrogens (tertiary/aromatic N) is 1. The van der Waals surface area contributed by atoms with Crippen LogP contribution in [-0.2, 0) is 6.18 Å². The Kier molecular flexibility index (Phi) is 2.99. The zero-order valence-electron chi connectivity index (χ0n) is 6.52. The average molecular weight is 303 g/mol. The quantitative estimate of drug-likeness (QED) is 0.744. The van der Waals surface area contributed by atoms with Crippen LogP contribution in [0.3, 0.4) is 0 Å². The number of methoxy groups -OCH3 is 1. The molecule has 0 bridgehead atoms. The smallest absolute Gasteiger partial charge is 0.437 e. The lowest BCUT2D eigenvalue weighted by Crippen LogP contribution is -2.10. The van der Waals surface area contributed by atoms with Crippen LogP contribution in [0.5, 0.6) is 5.75 Å². The second-order valence-electron chi connectivity index (χ2n) is 2.20. The van der Waals surface area contributed by atoms with Crippen LogP contribution in [0.2, 0.25) is 0 Å². The van der Waals surface area contributed by atoms with Crippen molar-refractivity contribution >= 4 is 22.6 Å². The van der Waals surface area contributed by atoms with Gasteiger partial charge in [-0.2, -0.15) is 13.2 Å². The van der Waals surface area contributed by atoms with Gasteiger partial charge >= 0.3 is 6.18 Å². The first-order valence-corrected chi connectivity index (χ1v) is 4.29. The molecule has 1 heterocycles. The van der Waals surface area contributed by atoms with Gasteiger partial charge in [0.15, 0.2) is 11.4 Å². The van der Waals surface area contributed by atoms with Crippen LogP contribution < -0.4 is 4.74 Å². The Morgan fingerprint density at radius 1 is 1.46 bits per heavy atom. The summed E-state index contributed by atoms with van der Waals surface area (Å²) in [4.78, 5) is 3.26. The average Bonchev–Trinajstić information content (AvgIpc) is 2.01. The summed E-state index contributed by atoms with van der Waals surface area (Å²) in [7, 11) is 1.18. The second-order valence-corrected chi connectivity index (χ2v) is 3.45. The van der Waals surface area contributed by atoms with Crippen molar-refractivity contribution in [2.24, 2.45) is 0 Å². The van der Waals surface area contributed by atoms with E-state index in [1.807, 2.05) is 22.6 Å². The zero-order valence-corrected chi connectivity index (χ0v) is 8.68. The Morgan fingerprint density at radius 3 is 2.54 bits per heavy atom. The van der Waals surface area contributed by atoms with Gasteiger partial charge in [-0.25, -0.2) is 4.98 Å². The summed E-state index contributed by atoms with van der Waals surface area (Å²) >= 11 is 1.86. The van der Waals surface area contributed by atoms with E-state index in [-0.39, 0.29) is 5.75 Å². The highest BCUT2D eigenvalue weighted by Crippen LogP contribution is 2.34. The van der Waals surface area contributed by atoms with E-state index in [0.717, 1.165) is 6.20 Å². The molecule has 0 saturated carbocycles. The van der Waals surface area contributed by atoms with Crippen LogP contribution in [0.1, 0.15) is 5.69 Å². The summed E-state index contributed by atoms with van der Waals surface area (Å²) in [6.07, 6.45) is -3.32. The fourth-order valence-corrected chi connectivity index (χ4v) is 1.21. The first-order chi connectivity index (χ1) is 5.95. The van der Waals surface area contributed by atoms with Gasteiger partial charge in [-0.15, -0.1) is 0 Å². The summed E-state index contributed by atoms with van der Waals surface area (Å²) < 4.78 is 41.8. The molecule has 6 heteroatoms. The molecule has 0 saturated heterocycles. The fourth-order valence-electron chi connectivity index (χ4n) is 0.789. The molecule has 0 amide bonds. The monoisotopic (exact) mass is 303 g/mol. The van der Waals surface area contributed by atoms with Crippen molar-refractivity contribution < 1.29 is 17.9 Å². The topological polar surface area (TPSA) is 22.1 Å². The van der Waals surface area contributed by atoms with E-state index in [9.17, 15) is 13.2 Å². The fraction of sp³-hybridized carbons (Fsp3) is 0.286. The van der Waals surface area contributed by atoms with Crippen molar-refractivity contribution in [3.8, 4) is 5.75 Å². The molecule has 0 N–H and O–H groups in total. The Hall–Kier alpha value is -0.530.